The fourth-order valence-corrected chi connectivity index (χ4v) is 3.40. The minimum absolute atomic E-state index is 0.788. The lowest BCUT2D eigenvalue weighted by atomic mass is 9.95. The smallest absolute Gasteiger partial charge is 0.0221 e. The van der Waals surface area contributed by atoms with Gasteiger partial charge < -0.3 is 5.32 Å². The van der Waals surface area contributed by atoms with Gasteiger partial charge in [0, 0.05) is 31.7 Å². The van der Waals surface area contributed by atoms with E-state index in [0.717, 1.165) is 23.9 Å². The van der Waals surface area contributed by atoms with Gasteiger partial charge >= 0.3 is 0 Å². The molecule has 0 amide bonds. The predicted molar refractivity (Wildman–Crippen MR) is 65.0 cm³/mol. The van der Waals surface area contributed by atoms with Gasteiger partial charge in [-0.2, -0.15) is 0 Å². The minimum atomic E-state index is 0.788. The molecule has 0 bridgehead atoms. The summed E-state index contributed by atoms with van der Waals surface area (Å²) in [6.45, 7) is 10.9. The molecule has 2 nitrogen and oxygen atoms in total. The highest BCUT2D eigenvalue weighted by Gasteiger charge is 2.37. The van der Waals surface area contributed by atoms with Crippen LogP contribution >= 0.6 is 0 Å². The first-order valence-electron chi connectivity index (χ1n) is 6.70. The molecule has 15 heavy (non-hydrogen) atoms. The standard InChI is InChI=1S/C13H26N2/c1-4-12-9-14-7-8-15(12)13-6-5-10(2)11(13)3/h10-14H,4-9H2,1-3H3. The summed E-state index contributed by atoms with van der Waals surface area (Å²) in [6.07, 6.45) is 4.16. The summed E-state index contributed by atoms with van der Waals surface area (Å²) in [4.78, 5) is 2.80. The van der Waals surface area contributed by atoms with Gasteiger partial charge in [-0.15, -0.1) is 0 Å². The van der Waals surface area contributed by atoms with E-state index in [9.17, 15) is 0 Å². The highest BCUT2D eigenvalue weighted by molar-refractivity contribution is 4.92. The van der Waals surface area contributed by atoms with Gasteiger partial charge in [0.15, 0.2) is 0 Å². The molecule has 1 N–H and O–H groups in total. The van der Waals surface area contributed by atoms with Gasteiger partial charge in [-0.3, -0.25) is 4.90 Å². The van der Waals surface area contributed by atoms with E-state index in [2.05, 4.69) is 31.0 Å². The Hall–Kier alpha value is -0.0800. The molecule has 2 rings (SSSR count). The quantitative estimate of drug-likeness (QED) is 0.751. The molecule has 1 saturated carbocycles. The average molecular weight is 210 g/mol. The van der Waals surface area contributed by atoms with Gasteiger partial charge in [-0.1, -0.05) is 20.8 Å². The van der Waals surface area contributed by atoms with E-state index >= 15 is 0 Å². The summed E-state index contributed by atoms with van der Waals surface area (Å²) in [5.41, 5.74) is 0. The first-order chi connectivity index (χ1) is 7.24. The molecule has 2 aliphatic rings. The second-order valence-electron chi connectivity index (χ2n) is 5.49. The molecule has 4 atom stereocenters. The molecule has 0 aromatic heterocycles. The van der Waals surface area contributed by atoms with E-state index in [1.807, 2.05) is 0 Å². The normalized spacial score (nSPS) is 43.4. The maximum Gasteiger partial charge on any atom is 0.0221 e. The maximum absolute atomic E-state index is 3.52. The van der Waals surface area contributed by atoms with Crippen molar-refractivity contribution in [3.8, 4) is 0 Å². The minimum Gasteiger partial charge on any atom is -0.314 e. The van der Waals surface area contributed by atoms with E-state index in [0.29, 0.717) is 0 Å². The van der Waals surface area contributed by atoms with Crippen LogP contribution in [-0.4, -0.2) is 36.6 Å². The summed E-state index contributed by atoms with van der Waals surface area (Å²) >= 11 is 0. The average Bonchev–Trinajstić information content (AvgIpc) is 2.60. The highest BCUT2D eigenvalue weighted by atomic mass is 15.2. The van der Waals surface area contributed by atoms with Crippen LogP contribution in [0.5, 0.6) is 0 Å². The second kappa shape index (κ2) is 4.84. The third-order valence-electron chi connectivity index (χ3n) is 4.72. The van der Waals surface area contributed by atoms with Crippen LogP contribution in [0.4, 0.5) is 0 Å². The third kappa shape index (κ3) is 2.21. The Morgan fingerprint density at radius 1 is 1.27 bits per heavy atom. The number of nitrogens with zero attached hydrogens (tertiary/aromatic N) is 1. The topological polar surface area (TPSA) is 15.3 Å². The molecule has 88 valence electrons. The van der Waals surface area contributed by atoms with E-state index in [-0.39, 0.29) is 0 Å². The molecule has 4 unspecified atom stereocenters. The second-order valence-corrected chi connectivity index (χ2v) is 5.49. The van der Waals surface area contributed by atoms with Gasteiger partial charge in [0.25, 0.3) is 0 Å². The Balaban J connectivity index is 2.01. The predicted octanol–water partition coefficient (Wildman–Crippen LogP) is 2.10. The van der Waals surface area contributed by atoms with Crippen molar-refractivity contribution in [2.45, 2.75) is 52.1 Å². The zero-order valence-corrected chi connectivity index (χ0v) is 10.5. The van der Waals surface area contributed by atoms with Crippen molar-refractivity contribution in [3.63, 3.8) is 0 Å². The lowest BCUT2D eigenvalue weighted by Crippen LogP contribution is -2.55. The lowest BCUT2D eigenvalue weighted by Gasteiger charge is -2.42. The summed E-state index contributed by atoms with van der Waals surface area (Å²) < 4.78 is 0. The molecule has 1 heterocycles. The molecular formula is C13H26N2. The number of hydrogen-bond donors (Lipinski definition) is 1. The zero-order chi connectivity index (χ0) is 10.8. The van der Waals surface area contributed by atoms with E-state index < -0.39 is 0 Å². The Morgan fingerprint density at radius 3 is 2.67 bits per heavy atom. The van der Waals surface area contributed by atoms with Gasteiger partial charge in [-0.25, -0.2) is 0 Å². The van der Waals surface area contributed by atoms with Gasteiger partial charge in [0.2, 0.25) is 0 Å². The summed E-state index contributed by atoms with van der Waals surface area (Å²) in [5, 5.41) is 3.52. The Kier molecular flexibility index (Phi) is 3.68. The molecule has 1 saturated heterocycles. The molecule has 0 radical (unpaired) electrons. The van der Waals surface area contributed by atoms with Crippen molar-refractivity contribution in [1.82, 2.24) is 10.2 Å². The van der Waals surface area contributed by atoms with Crippen LogP contribution in [0.3, 0.4) is 0 Å². The largest absolute Gasteiger partial charge is 0.314 e. The van der Waals surface area contributed by atoms with Crippen LogP contribution in [0.15, 0.2) is 0 Å². The Morgan fingerprint density at radius 2 is 2.07 bits per heavy atom. The first-order valence-corrected chi connectivity index (χ1v) is 6.70. The number of nitrogens with one attached hydrogen (secondary N) is 1. The van der Waals surface area contributed by atoms with Crippen LogP contribution in [0.1, 0.15) is 40.0 Å². The monoisotopic (exact) mass is 210 g/mol. The third-order valence-corrected chi connectivity index (χ3v) is 4.72. The van der Waals surface area contributed by atoms with Crippen LogP contribution in [0, 0.1) is 11.8 Å². The van der Waals surface area contributed by atoms with Crippen molar-refractivity contribution >= 4 is 0 Å². The van der Waals surface area contributed by atoms with Crippen LogP contribution in [0.25, 0.3) is 0 Å². The van der Waals surface area contributed by atoms with E-state index in [4.69, 9.17) is 0 Å². The maximum atomic E-state index is 3.52. The summed E-state index contributed by atoms with van der Waals surface area (Å²) in [5.74, 6) is 1.83. The Labute approximate surface area is 94.4 Å². The molecule has 1 aliphatic heterocycles. The van der Waals surface area contributed by atoms with Crippen molar-refractivity contribution in [2.75, 3.05) is 19.6 Å². The summed E-state index contributed by atoms with van der Waals surface area (Å²) in [6, 6.07) is 1.66. The molecule has 1 aliphatic carbocycles. The first kappa shape index (κ1) is 11.4. The molecule has 2 fully saturated rings. The van der Waals surface area contributed by atoms with Crippen molar-refractivity contribution in [3.05, 3.63) is 0 Å². The number of hydrogen-bond acceptors (Lipinski definition) is 2. The van der Waals surface area contributed by atoms with Gasteiger partial charge in [0.05, 0.1) is 0 Å². The molecule has 0 spiro atoms. The SMILES string of the molecule is CCC1CNCCN1C1CCC(C)C1C. The molecule has 2 heteroatoms. The van der Waals surface area contributed by atoms with Crippen LogP contribution in [0.2, 0.25) is 0 Å². The molecule has 0 aromatic rings. The molecular weight excluding hydrogens is 184 g/mol. The van der Waals surface area contributed by atoms with Crippen molar-refractivity contribution in [1.29, 1.82) is 0 Å². The Bertz CT molecular complexity index is 205. The van der Waals surface area contributed by atoms with Crippen LogP contribution < -0.4 is 5.32 Å². The van der Waals surface area contributed by atoms with Crippen molar-refractivity contribution < 1.29 is 0 Å². The zero-order valence-electron chi connectivity index (χ0n) is 10.5. The highest BCUT2D eigenvalue weighted by Crippen LogP contribution is 2.36. The molecule has 0 aromatic carbocycles. The van der Waals surface area contributed by atoms with Crippen LogP contribution in [-0.2, 0) is 0 Å². The van der Waals surface area contributed by atoms with Gasteiger partial charge in [-0.05, 0) is 31.1 Å². The number of rotatable bonds is 2. The van der Waals surface area contributed by atoms with Crippen molar-refractivity contribution in [2.24, 2.45) is 11.8 Å². The lowest BCUT2D eigenvalue weighted by molar-refractivity contribution is 0.0795. The fraction of sp³-hybridized carbons (Fsp3) is 1.00. The van der Waals surface area contributed by atoms with Gasteiger partial charge in [0.1, 0.15) is 0 Å². The van der Waals surface area contributed by atoms with E-state index in [1.165, 1.54) is 38.9 Å². The number of piperazine rings is 1. The summed E-state index contributed by atoms with van der Waals surface area (Å²) in [7, 11) is 0. The fourth-order valence-electron chi connectivity index (χ4n) is 3.40. The van der Waals surface area contributed by atoms with E-state index in [1.54, 1.807) is 0 Å².